The quantitative estimate of drug-likeness (QED) is 0.866. The van der Waals surface area contributed by atoms with E-state index in [0.717, 1.165) is 18.7 Å². The SMILES string of the molecule is CCCS(=O)(=O)CCOC1CNc2ccccc2C1. The molecule has 0 saturated heterocycles. The molecule has 0 amide bonds. The van der Waals surface area contributed by atoms with E-state index in [9.17, 15) is 8.42 Å². The second kappa shape index (κ2) is 6.39. The number of hydrogen-bond acceptors (Lipinski definition) is 4. The first kappa shape index (κ1) is 14.3. The predicted molar refractivity (Wildman–Crippen MR) is 77.3 cm³/mol. The zero-order valence-electron chi connectivity index (χ0n) is 11.3. The zero-order valence-corrected chi connectivity index (χ0v) is 12.1. The Bertz CT molecular complexity index is 513. The van der Waals surface area contributed by atoms with Crippen molar-refractivity contribution in [2.75, 3.05) is 30.0 Å². The van der Waals surface area contributed by atoms with Crippen LogP contribution in [0.5, 0.6) is 0 Å². The summed E-state index contributed by atoms with van der Waals surface area (Å²) < 4.78 is 28.8. The van der Waals surface area contributed by atoms with E-state index < -0.39 is 9.84 Å². The summed E-state index contributed by atoms with van der Waals surface area (Å²) in [6.45, 7) is 2.90. The first-order valence-electron chi connectivity index (χ1n) is 6.74. The molecule has 1 atom stereocenters. The normalized spacial score (nSPS) is 18.7. The predicted octanol–water partition coefficient (Wildman–Crippen LogP) is 1.86. The molecule has 1 heterocycles. The van der Waals surface area contributed by atoms with Crippen molar-refractivity contribution in [3.63, 3.8) is 0 Å². The lowest BCUT2D eigenvalue weighted by molar-refractivity contribution is 0.0716. The number of ether oxygens (including phenoxy) is 1. The zero-order chi connectivity index (χ0) is 13.7. The fourth-order valence-corrected chi connectivity index (χ4v) is 3.46. The molecule has 0 aromatic heterocycles. The van der Waals surface area contributed by atoms with Crippen molar-refractivity contribution in [3.05, 3.63) is 29.8 Å². The Hall–Kier alpha value is -1.07. The summed E-state index contributed by atoms with van der Waals surface area (Å²) in [6.07, 6.45) is 1.57. The third kappa shape index (κ3) is 4.21. The Balaban J connectivity index is 1.80. The van der Waals surface area contributed by atoms with Crippen LogP contribution in [0.2, 0.25) is 0 Å². The third-order valence-electron chi connectivity index (χ3n) is 3.25. The second-order valence-electron chi connectivity index (χ2n) is 4.89. The van der Waals surface area contributed by atoms with Crippen LogP contribution in [-0.2, 0) is 21.0 Å². The average Bonchev–Trinajstić information content (AvgIpc) is 2.38. The van der Waals surface area contributed by atoms with Gasteiger partial charge in [0.25, 0.3) is 0 Å². The number of fused-ring (bicyclic) bond motifs is 1. The van der Waals surface area contributed by atoms with Crippen LogP contribution < -0.4 is 5.32 Å². The molecule has 0 aliphatic carbocycles. The molecule has 5 heteroatoms. The molecule has 19 heavy (non-hydrogen) atoms. The van der Waals surface area contributed by atoms with E-state index >= 15 is 0 Å². The van der Waals surface area contributed by atoms with Gasteiger partial charge in [-0.2, -0.15) is 0 Å². The molecule has 2 rings (SSSR count). The van der Waals surface area contributed by atoms with Crippen molar-refractivity contribution in [3.8, 4) is 0 Å². The van der Waals surface area contributed by atoms with E-state index in [-0.39, 0.29) is 24.2 Å². The van der Waals surface area contributed by atoms with Gasteiger partial charge in [-0.15, -0.1) is 0 Å². The molecule has 1 unspecified atom stereocenters. The van der Waals surface area contributed by atoms with Crippen LogP contribution in [0.25, 0.3) is 0 Å². The van der Waals surface area contributed by atoms with Crippen molar-refractivity contribution < 1.29 is 13.2 Å². The molecule has 0 spiro atoms. The van der Waals surface area contributed by atoms with Gasteiger partial charge < -0.3 is 10.1 Å². The molecule has 1 aromatic rings. The summed E-state index contributed by atoms with van der Waals surface area (Å²) in [5.41, 5.74) is 2.39. The van der Waals surface area contributed by atoms with Gasteiger partial charge in [-0.3, -0.25) is 0 Å². The topological polar surface area (TPSA) is 55.4 Å². The lowest BCUT2D eigenvalue weighted by Gasteiger charge is -2.26. The third-order valence-corrected chi connectivity index (χ3v) is 5.07. The minimum atomic E-state index is -2.94. The molecule has 0 bridgehead atoms. The van der Waals surface area contributed by atoms with Gasteiger partial charge in [0, 0.05) is 24.4 Å². The lowest BCUT2D eigenvalue weighted by atomic mass is 10.0. The highest BCUT2D eigenvalue weighted by atomic mass is 32.2. The maximum absolute atomic E-state index is 11.6. The van der Waals surface area contributed by atoms with Crippen LogP contribution in [0, 0.1) is 0 Å². The average molecular weight is 283 g/mol. The lowest BCUT2D eigenvalue weighted by Crippen LogP contribution is -2.32. The van der Waals surface area contributed by atoms with Gasteiger partial charge in [0.1, 0.15) is 0 Å². The van der Waals surface area contributed by atoms with Gasteiger partial charge in [-0.25, -0.2) is 8.42 Å². The minimum Gasteiger partial charge on any atom is -0.382 e. The van der Waals surface area contributed by atoms with Crippen molar-refractivity contribution >= 4 is 15.5 Å². The molecule has 1 aromatic carbocycles. The number of hydrogen-bond donors (Lipinski definition) is 1. The number of para-hydroxylation sites is 1. The van der Waals surface area contributed by atoms with Gasteiger partial charge in [0.05, 0.1) is 18.5 Å². The summed E-state index contributed by atoms with van der Waals surface area (Å²) in [7, 11) is -2.94. The molecule has 1 N–H and O–H groups in total. The van der Waals surface area contributed by atoms with Crippen LogP contribution in [-0.4, -0.2) is 39.2 Å². The van der Waals surface area contributed by atoms with Crippen LogP contribution in [0.15, 0.2) is 24.3 Å². The van der Waals surface area contributed by atoms with Crippen molar-refractivity contribution in [1.82, 2.24) is 0 Å². The Morgan fingerprint density at radius 2 is 2.11 bits per heavy atom. The van der Waals surface area contributed by atoms with Crippen molar-refractivity contribution in [2.24, 2.45) is 0 Å². The van der Waals surface area contributed by atoms with E-state index in [4.69, 9.17) is 4.74 Å². The van der Waals surface area contributed by atoms with E-state index in [2.05, 4.69) is 17.4 Å². The Kier molecular flexibility index (Phi) is 4.82. The Labute approximate surface area is 115 Å². The molecule has 106 valence electrons. The maximum atomic E-state index is 11.6. The number of nitrogens with one attached hydrogen (secondary N) is 1. The summed E-state index contributed by atoms with van der Waals surface area (Å²) in [6, 6.07) is 8.14. The van der Waals surface area contributed by atoms with Gasteiger partial charge in [-0.1, -0.05) is 25.1 Å². The smallest absolute Gasteiger partial charge is 0.152 e. The number of benzene rings is 1. The standard InChI is InChI=1S/C14H21NO3S/c1-2-8-19(16,17)9-7-18-13-10-12-5-3-4-6-14(12)15-11-13/h3-6,13,15H,2,7-11H2,1H3. The van der Waals surface area contributed by atoms with E-state index in [1.807, 2.05) is 19.1 Å². The van der Waals surface area contributed by atoms with Crippen LogP contribution in [0.3, 0.4) is 0 Å². The molecule has 4 nitrogen and oxygen atoms in total. The molecule has 0 fully saturated rings. The summed E-state index contributed by atoms with van der Waals surface area (Å²) in [4.78, 5) is 0. The van der Waals surface area contributed by atoms with E-state index in [1.165, 1.54) is 5.56 Å². The number of anilines is 1. The summed E-state index contributed by atoms with van der Waals surface area (Å²) >= 11 is 0. The highest BCUT2D eigenvalue weighted by Gasteiger charge is 2.19. The monoisotopic (exact) mass is 283 g/mol. The number of rotatable bonds is 6. The molecular weight excluding hydrogens is 262 g/mol. The van der Waals surface area contributed by atoms with Gasteiger partial charge in [-0.05, 0) is 18.1 Å². The fraction of sp³-hybridized carbons (Fsp3) is 0.571. The van der Waals surface area contributed by atoms with E-state index in [0.29, 0.717) is 6.42 Å². The second-order valence-corrected chi connectivity index (χ2v) is 7.19. The van der Waals surface area contributed by atoms with Crippen molar-refractivity contribution in [1.29, 1.82) is 0 Å². The molecule has 0 radical (unpaired) electrons. The van der Waals surface area contributed by atoms with Crippen LogP contribution in [0.1, 0.15) is 18.9 Å². The fourth-order valence-electron chi connectivity index (χ4n) is 2.28. The highest BCUT2D eigenvalue weighted by Crippen LogP contribution is 2.22. The highest BCUT2D eigenvalue weighted by molar-refractivity contribution is 7.91. The van der Waals surface area contributed by atoms with Gasteiger partial charge in [0.2, 0.25) is 0 Å². The van der Waals surface area contributed by atoms with Gasteiger partial charge in [0.15, 0.2) is 9.84 Å². The first-order chi connectivity index (χ1) is 9.11. The van der Waals surface area contributed by atoms with Gasteiger partial charge >= 0.3 is 0 Å². The van der Waals surface area contributed by atoms with Crippen LogP contribution >= 0.6 is 0 Å². The maximum Gasteiger partial charge on any atom is 0.152 e. The molecule has 0 saturated carbocycles. The minimum absolute atomic E-state index is 0.0618. The molecule has 1 aliphatic rings. The van der Waals surface area contributed by atoms with Crippen molar-refractivity contribution in [2.45, 2.75) is 25.9 Å². The summed E-state index contributed by atoms with van der Waals surface area (Å²) in [5.74, 6) is 0.376. The first-order valence-corrected chi connectivity index (χ1v) is 8.56. The number of sulfone groups is 1. The molecule has 1 aliphatic heterocycles. The molecular formula is C14H21NO3S. The Morgan fingerprint density at radius 1 is 1.32 bits per heavy atom. The van der Waals surface area contributed by atoms with Crippen LogP contribution in [0.4, 0.5) is 5.69 Å². The summed E-state index contributed by atoms with van der Waals surface area (Å²) in [5, 5.41) is 3.31. The van der Waals surface area contributed by atoms with E-state index in [1.54, 1.807) is 0 Å². The Morgan fingerprint density at radius 3 is 2.89 bits per heavy atom. The largest absolute Gasteiger partial charge is 0.382 e.